The van der Waals surface area contributed by atoms with Gasteiger partial charge in [0.25, 0.3) is 5.56 Å². The molecule has 0 radical (unpaired) electrons. The lowest BCUT2D eigenvalue weighted by Crippen LogP contribution is -2.42. The molecule has 4 aromatic heterocycles. The highest BCUT2D eigenvalue weighted by molar-refractivity contribution is 6.01. The number of nitrogens with zero attached hydrogens (tertiary/aromatic N) is 7. The van der Waals surface area contributed by atoms with Gasteiger partial charge in [-0.05, 0) is 68.5 Å². The second-order valence-electron chi connectivity index (χ2n) is 10.6. The van der Waals surface area contributed by atoms with Crippen molar-refractivity contribution in [2.75, 3.05) is 26.0 Å². The number of fused-ring (bicyclic) bond motifs is 1. The van der Waals surface area contributed by atoms with Crippen molar-refractivity contribution in [2.45, 2.75) is 13.5 Å². The molecule has 238 valence electrons. The van der Waals surface area contributed by atoms with E-state index in [2.05, 4.69) is 25.4 Å². The number of benzene rings is 2. The molecule has 0 aliphatic carbocycles. The van der Waals surface area contributed by atoms with Crippen molar-refractivity contribution in [3.8, 4) is 22.5 Å². The molecular weight excluding hydrogens is 609 g/mol. The average molecular weight is 638 g/mol. The Morgan fingerprint density at radius 1 is 1.00 bits per heavy atom. The lowest BCUT2D eigenvalue weighted by molar-refractivity contribution is 0.0521. The van der Waals surface area contributed by atoms with Gasteiger partial charge in [0, 0.05) is 36.5 Å². The van der Waals surface area contributed by atoms with Crippen LogP contribution in [0.5, 0.6) is 0 Å². The first-order valence-corrected chi connectivity index (χ1v) is 14.4. The summed E-state index contributed by atoms with van der Waals surface area (Å²) < 4.78 is 23.5. The second-order valence-corrected chi connectivity index (χ2v) is 10.6. The normalized spacial score (nSPS) is 11.3. The van der Waals surface area contributed by atoms with Gasteiger partial charge < -0.3 is 24.5 Å². The van der Waals surface area contributed by atoms with Crippen LogP contribution < -0.4 is 16.6 Å². The number of hydrogen-bond donors (Lipinski definition) is 2. The Labute approximate surface area is 265 Å². The van der Waals surface area contributed by atoms with Crippen LogP contribution in [-0.4, -0.2) is 71.5 Å². The first-order valence-electron chi connectivity index (χ1n) is 14.4. The summed E-state index contributed by atoms with van der Waals surface area (Å²) in [5, 5.41) is 6.62. The summed E-state index contributed by atoms with van der Waals surface area (Å²) in [4.78, 5) is 65.9. The van der Waals surface area contributed by atoms with Crippen molar-refractivity contribution in [3.05, 3.63) is 118 Å². The van der Waals surface area contributed by atoms with E-state index in [1.807, 2.05) is 25.1 Å². The fraction of sp³-hybridized carbons (Fsp3) is 0.156. The number of aromatic nitrogens is 7. The van der Waals surface area contributed by atoms with Crippen molar-refractivity contribution in [2.24, 2.45) is 0 Å². The van der Waals surface area contributed by atoms with Gasteiger partial charge in [0.2, 0.25) is 0 Å². The zero-order valence-electron chi connectivity index (χ0n) is 25.5. The molecule has 2 N–H and O–H groups in total. The summed E-state index contributed by atoms with van der Waals surface area (Å²) in [5.74, 6) is -1.02. The van der Waals surface area contributed by atoms with E-state index in [0.717, 1.165) is 15.8 Å². The number of nitrogens with one attached hydrogen (secondary N) is 2. The van der Waals surface area contributed by atoms with Gasteiger partial charge in [-0.3, -0.25) is 9.78 Å². The van der Waals surface area contributed by atoms with Gasteiger partial charge >= 0.3 is 17.7 Å². The standard InChI is InChI=1S/C32H28FN9O5/c1-4-47-30(44)27-26-28(42(38-27)22-7-5-6-20(16-22)19-10-12-34-13-11-19)29(43)41(32(46)37-26)31(45)36-24-9-8-21(17-23(24)33)40-15-14-35-25(40)18-39(2)3/h5-17H,4,18H2,1-3H3,(H,36,45)(H,37,46). The number of carbonyl (C=O) groups is 2. The Kier molecular flexibility index (Phi) is 8.28. The van der Waals surface area contributed by atoms with Crippen LogP contribution in [0.3, 0.4) is 0 Å². The highest BCUT2D eigenvalue weighted by Gasteiger charge is 2.26. The Morgan fingerprint density at radius 2 is 1.79 bits per heavy atom. The molecule has 0 unspecified atom stereocenters. The molecule has 2 aromatic carbocycles. The lowest BCUT2D eigenvalue weighted by atomic mass is 10.1. The van der Waals surface area contributed by atoms with Crippen molar-refractivity contribution in [1.29, 1.82) is 0 Å². The average Bonchev–Trinajstić information content (AvgIpc) is 3.67. The Balaban J connectivity index is 1.42. The maximum Gasteiger partial charge on any atom is 0.361 e. The second kappa shape index (κ2) is 12.6. The van der Waals surface area contributed by atoms with Gasteiger partial charge in [-0.1, -0.05) is 12.1 Å². The SMILES string of the molecule is CCOC(=O)c1nn(-c2cccc(-c3ccncc3)c2)c2c(=O)n(C(=O)Nc3ccc(-n4ccnc4CN(C)C)cc3F)c(=O)[nH]c12. The molecule has 0 atom stereocenters. The zero-order valence-corrected chi connectivity index (χ0v) is 25.5. The molecule has 15 heteroatoms. The van der Waals surface area contributed by atoms with Gasteiger partial charge in [-0.25, -0.2) is 28.4 Å². The number of ether oxygens (including phenoxy) is 1. The molecule has 0 saturated heterocycles. The minimum absolute atomic E-state index is 0.0105. The van der Waals surface area contributed by atoms with Crippen LogP contribution in [0, 0.1) is 5.82 Å². The van der Waals surface area contributed by atoms with E-state index in [1.54, 1.807) is 72.7 Å². The van der Waals surface area contributed by atoms with Crippen LogP contribution in [0.1, 0.15) is 23.2 Å². The molecule has 6 aromatic rings. The van der Waals surface area contributed by atoms with E-state index in [9.17, 15) is 19.2 Å². The number of imidazole rings is 1. The van der Waals surface area contributed by atoms with Gasteiger partial charge in [0.15, 0.2) is 11.2 Å². The molecule has 4 heterocycles. The third-order valence-electron chi connectivity index (χ3n) is 7.15. The van der Waals surface area contributed by atoms with Crippen LogP contribution in [0.2, 0.25) is 0 Å². The molecule has 0 aliphatic heterocycles. The van der Waals surface area contributed by atoms with E-state index in [1.165, 1.54) is 12.1 Å². The number of rotatable bonds is 8. The minimum atomic E-state index is -1.23. The number of halogens is 1. The predicted octanol–water partition coefficient (Wildman–Crippen LogP) is 3.58. The smallest absolute Gasteiger partial charge is 0.361 e. The van der Waals surface area contributed by atoms with E-state index in [0.29, 0.717) is 23.7 Å². The maximum absolute atomic E-state index is 15.3. The summed E-state index contributed by atoms with van der Waals surface area (Å²) in [5.41, 5.74) is -0.984. The monoisotopic (exact) mass is 637 g/mol. The molecular formula is C32H28FN9O5. The van der Waals surface area contributed by atoms with E-state index < -0.39 is 29.1 Å². The van der Waals surface area contributed by atoms with Gasteiger partial charge in [-0.15, -0.1) is 0 Å². The molecule has 0 saturated carbocycles. The van der Waals surface area contributed by atoms with E-state index in [4.69, 9.17) is 4.74 Å². The minimum Gasteiger partial charge on any atom is -0.461 e. The Morgan fingerprint density at radius 3 is 2.51 bits per heavy atom. The molecule has 14 nitrogen and oxygen atoms in total. The van der Waals surface area contributed by atoms with Crippen molar-refractivity contribution >= 4 is 28.7 Å². The van der Waals surface area contributed by atoms with Crippen LogP contribution >= 0.6 is 0 Å². The molecule has 47 heavy (non-hydrogen) atoms. The van der Waals surface area contributed by atoms with Crippen LogP contribution in [0.15, 0.2) is 89.0 Å². The molecule has 6 rings (SSSR count). The molecule has 0 fully saturated rings. The van der Waals surface area contributed by atoms with Crippen LogP contribution in [0.25, 0.3) is 33.5 Å². The zero-order chi connectivity index (χ0) is 33.2. The molecule has 1 amide bonds. The highest BCUT2D eigenvalue weighted by Crippen LogP contribution is 2.24. The fourth-order valence-electron chi connectivity index (χ4n) is 5.07. The number of hydrogen-bond acceptors (Lipinski definition) is 9. The van der Waals surface area contributed by atoms with Crippen molar-refractivity contribution in [3.63, 3.8) is 0 Å². The lowest BCUT2D eigenvalue weighted by Gasteiger charge is -2.13. The molecule has 0 bridgehead atoms. The van der Waals surface area contributed by atoms with Gasteiger partial charge in [-0.2, -0.15) is 9.67 Å². The highest BCUT2D eigenvalue weighted by atomic mass is 19.1. The number of aromatic amines is 1. The summed E-state index contributed by atoms with van der Waals surface area (Å²) in [6.07, 6.45) is 6.53. The van der Waals surface area contributed by atoms with Crippen molar-refractivity contribution < 1.29 is 18.7 Å². The number of esters is 1. The third-order valence-corrected chi connectivity index (χ3v) is 7.15. The maximum atomic E-state index is 15.3. The molecule has 0 aliphatic rings. The number of H-pyrrole nitrogens is 1. The first kappa shape index (κ1) is 30.8. The summed E-state index contributed by atoms with van der Waals surface area (Å²) in [6, 6.07) is 13.3. The first-order chi connectivity index (χ1) is 22.7. The van der Waals surface area contributed by atoms with Crippen molar-refractivity contribution in [1.82, 2.24) is 38.8 Å². The summed E-state index contributed by atoms with van der Waals surface area (Å²) in [6.45, 7) is 2.11. The predicted molar refractivity (Wildman–Crippen MR) is 170 cm³/mol. The number of amides is 1. The van der Waals surface area contributed by atoms with Crippen LogP contribution in [0.4, 0.5) is 14.9 Å². The van der Waals surface area contributed by atoms with Gasteiger partial charge in [0.05, 0.1) is 24.5 Å². The number of carbonyl (C=O) groups excluding carboxylic acids is 2. The third kappa shape index (κ3) is 5.94. The van der Waals surface area contributed by atoms with Crippen LogP contribution in [-0.2, 0) is 11.3 Å². The quantitative estimate of drug-likeness (QED) is 0.238. The number of anilines is 1. The van der Waals surface area contributed by atoms with Gasteiger partial charge in [0.1, 0.15) is 17.2 Å². The van der Waals surface area contributed by atoms with E-state index in [-0.39, 0.29) is 33.6 Å². The Hall–Kier alpha value is -6.22. The largest absolute Gasteiger partial charge is 0.461 e. The number of pyridine rings is 1. The topological polar surface area (TPSA) is 162 Å². The Bertz CT molecular complexity index is 2250. The van der Waals surface area contributed by atoms with E-state index >= 15 is 4.39 Å². The summed E-state index contributed by atoms with van der Waals surface area (Å²) >= 11 is 0. The molecule has 0 spiro atoms. The fourth-order valence-corrected chi connectivity index (χ4v) is 5.07. The summed E-state index contributed by atoms with van der Waals surface area (Å²) in [7, 11) is 3.76.